The number of hydrogen-bond donors (Lipinski definition) is 2. The van der Waals surface area contributed by atoms with Crippen molar-refractivity contribution in [2.45, 2.75) is 70.4 Å². The van der Waals surface area contributed by atoms with E-state index < -0.39 is 5.97 Å². The number of carboxylic acids is 1. The molecule has 2 aliphatic rings. The molecule has 2 N–H and O–H groups in total. The normalized spacial score (nSPS) is 27.0. The molecule has 2 amide bonds. The van der Waals surface area contributed by atoms with E-state index >= 15 is 0 Å². The van der Waals surface area contributed by atoms with Crippen molar-refractivity contribution in [1.29, 1.82) is 0 Å². The van der Waals surface area contributed by atoms with Crippen molar-refractivity contribution in [3.05, 3.63) is 0 Å². The predicted molar refractivity (Wildman–Crippen MR) is 81.1 cm³/mol. The number of rotatable bonds is 6. The van der Waals surface area contributed by atoms with Crippen LogP contribution in [0.5, 0.6) is 0 Å². The van der Waals surface area contributed by atoms with E-state index in [0.717, 1.165) is 31.6 Å². The summed E-state index contributed by atoms with van der Waals surface area (Å²) in [5.41, 5.74) is 0. The van der Waals surface area contributed by atoms with Gasteiger partial charge in [0.1, 0.15) is 0 Å². The molecule has 0 aromatic heterocycles. The lowest BCUT2D eigenvalue weighted by molar-refractivity contribution is -0.137. The number of aliphatic carboxylic acids is 1. The molecule has 2 rings (SSSR count). The van der Waals surface area contributed by atoms with Gasteiger partial charge in [0.15, 0.2) is 0 Å². The van der Waals surface area contributed by atoms with Crippen LogP contribution in [0.3, 0.4) is 0 Å². The Hall–Kier alpha value is -1.26. The fraction of sp³-hybridized carbons (Fsp3) is 0.875. The van der Waals surface area contributed by atoms with Crippen molar-refractivity contribution >= 4 is 12.0 Å². The molecule has 0 spiro atoms. The van der Waals surface area contributed by atoms with E-state index in [1.165, 1.54) is 19.3 Å². The first-order valence-corrected chi connectivity index (χ1v) is 8.26. The minimum atomic E-state index is -0.835. The van der Waals surface area contributed by atoms with E-state index in [4.69, 9.17) is 5.11 Å². The SMILES string of the molecule is CCC1CCC(N(C)C(=O)NC(CC(=O)O)C2CC2)CC1. The van der Waals surface area contributed by atoms with Gasteiger partial charge in [-0.05, 0) is 50.4 Å². The van der Waals surface area contributed by atoms with Crippen molar-refractivity contribution in [2.24, 2.45) is 11.8 Å². The zero-order chi connectivity index (χ0) is 15.4. The van der Waals surface area contributed by atoms with E-state index in [0.29, 0.717) is 12.0 Å². The summed E-state index contributed by atoms with van der Waals surface area (Å²) in [6, 6.07) is -0.00462. The number of hydrogen-bond acceptors (Lipinski definition) is 2. The topological polar surface area (TPSA) is 69.6 Å². The van der Waals surface area contributed by atoms with Gasteiger partial charge in [-0.25, -0.2) is 4.79 Å². The third-order valence-electron chi connectivity index (χ3n) is 5.16. The summed E-state index contributed by atoms with van der Waals surface area (Å²) in [6.45, 7) is 2.23. The largest absolute Gasteiger partial charge is 0.481 e. The molecule has 5 heteroatoms. The molecule has 2 aliphatic carbocycles. The summed E-state index contributed by atoms with van der Waals surface area (Å²) in [4.78, 5) is 25.0. The van der Waals surface area contributed by atoms with Gasteiger partial charge in [-0.3, -0.25) is 4.79 Å². The van der Waals surface area contributed by atoms with Crippen LogP contribution in [0.15, 0.2) is 0 Å². The number of nitrogens with one attached hydrogen (secondary N) is 1. The summed E-state index contributed by atoms with van der Waals surface area (Å²) in [5.74, 6) is 0.330. The Bertz CT molecular complexity index is 374. The Kier molecular flexibility index (Phi) is 5.48. The van der Waals surface area contributed by atoms with Crippen LogP contribution >= 0.6 is 0 Å². The first kappa shape index (κ1) is 16.1. The highest BCUT2D eigenvalue weighted by molar-refractivity contribution is 5.76. The quantitative estimate of drug-likeness (QED) is 0.792. The maximum absolute atomic E-state index is 12.3. The first-order valence-electron chi connectivity index (χ1n) is 8.26. The fourth-order valence-electron chi connectivity index (χ4n) is 3.39. The van der Waals surface area contributed by atoms with Crippen molar-refractivity contribution in [3.8, 4) is 0 Å². The highest BCUT2D eigenvalue weighted by atomic mass is 16.4. The maximum atomic E-state index is 12.3. The van der Waals surface area contributed by atoms with Crippen LogP contribution in [0.4, 0.5) is 4.79 Å². The van der Waals surface area contributed by atoms with Crippen LogP contribution < -0.4 is 5.32 Å². The molecule has 21 heavy (non-hydrogen) atoms. The Balaban J connectivity index is 1.82. The van der Waals surface area contributed by atoms with Crippen molar-refractivity contribution in [3.63, 3.8) is 0 Å². The minimum absolute atomic E-state index is 0.0345. The number of urea groups is 1. The summed E-state index contributed by atoms with van der Waals surface area (Å²) < 4.78 is 0. The highest BCUT2D eigenvalue weighted by Crippen LogP contribution is 2.34. The molecule has 2 saturated carbocycles. The molecule has 1 unspecified atom stereocenters. The van der Waals surface area contributed by atoms with Gasteiger partial charge in [-0.15, -0.1) is 0 Å². The molecule has 120 valence electrons. The van der Waals surface area contributed by atoms with Gasteiger partial charge in [0.05, 0.1) is 6.42 Å². The van der Waals surface area contributed by atoms with Gasteiger partial charge in [0.25, 0.3) is 0 Å². The molecule has 0 saturated heterocycles. The minimum Gasteiger partial charge on any atom is -0.481 e. The number of carbonyl (C=O) groups is 2. The van der Waals surface area contributed by atoms with Gasteiger partial charge in [0.2, 0.25) is 0 Å². The van der Waals surface area contributed by atoms with Gasteiger partial charge in [0, 0.05) is 19.1 Å². The third-order valence-corrected chi connectivity index (χ3v) is 5.16. The van der Waals surface area contributed by atoms with E-state index in [9.17, 15) is 9.59 Å². The Morgan fingerprint density at radius 2 is 1.81 bits per heavy atom. The molecule has 0 aliphatic heterocycles. The molecule has 0 bridgehead atoms. The summed E-state index contributed by atoms with van der Waals surface area (Å²) in [6.07, 6.45) is 7.84. The van der Waals surface area contributed by atoms with Crippen molar-refractivity contribution < 1.29 is 14.7 Å². The Morgan fingerprint density at radius 1 is 1.19 bits per heavy atom. The Morgan fingerprint density at radius 3 is 2.29 bits per heavy atom. The van der Waals surface area contributed by atoms with Crippen LogP contribution in [-0.4, -0.2) is 41.1 Å². The zero-order valence-corrected chi connectivity index (χ0v) is 13.2. The van der Waals surface area contributed by atoms with Gasteiger partial charge < -0.3 is 15.3 Å². The third kappa shape index (κ3) is 4.61. The highest BCUT2D eigenvalue weighted by Gasteiger charge is 2.35. The lowest BCUT2D eigenvalue weighted by Gasteiger charge is -2.35. The molecular weight excluding hydrogens is 268 g/mol. The van der Waals surface area contributed by atoms with Crippen LogP contribution in [0.25, 0.3) is 0 Å². The van der Waals surface area contributed by atoms with Gasteiger partial charge in [-0.1, -0.05) is 13.3 Å². The van der Waals surface area contributed by atoms with Crippen molar-refractivity contribution in [2.75, 3.05) is 7.05 Å². The predicted octanol–water partition coefficient (Wildman–Crippen LogP) is 2.85. The number of carboxylic acid groups (broad SMARTS) is 1. The molecular formula is C16H28N2O3. The lowest BCUT2D eigenvalue weighted by atomic mass is 9.84. The summed E-state index contributed by atoms with van der Waals surface area (Å²) in [7, 11) is 1.84. The van der Waals surface area contributed by atoms with Gasteiger partial charge >= 0.3 is 12.0 Å². The molecule has 2 fully saturated rings. The molecule has 0 aromatic rings. The van der Waals surface area contributed by atoms with Gasteiger partial charge in [-0.2, -0.15) is 0 Å². The smallest absolute Gasteiger partial charge is 0.317 e. The zero-order valence-electron chi connectivity index (χ0n) is 13.2. The van der Waals surface area contributed by atoms with Crippen LogP contribution in [0, 0.1) is 11.8 Å². The average Bonchev–Trinajstić information content (AvgIpc) is 3.30. The lowest BCUT2D eigenvalue weighted by Crippen LogP contribution is -2.49. The standard InChI is InChI=1S/C16H28N2O3/c1-3-11-4-8-13(9-5-11)18(2)16(21)17-14(10-15(19)20)12-6-7-12/h11-14H,3-10H2,1-2H3,(H,17,21)(H,19,20). The summed E-state index contributed by atoms with van der Waals surface area (Å²) in [5, 5.41) is 11.9. The number of nitrogens with zero attached hydrogens (tertiary/aromatic N) is 1. The second-order valence-corrected chi connectivity index (χ2v) is 6.68. The summed E-state index contributed by atoms with van der Waals surface area (Å²) >= 11 is 0. The van der Waals surface area contributed by atoms with Crippen LogP contribution in [0.2, 0.25) is 0 Å². The first-order chi connectivity index (χ1) is 10.0. The second kappa shape index (κ2) is 7.14. The second-order valence-electron chi connectivity index (χ2n) is 6.68. The maximum Gasteiger partial charge on any atom is 0.317 e. The molecule has 0 heterocycles. The van der Waals surface area contributed by atoms with Crippen molar-refractivity contribution in [1.82, 2.24) is 10.2 Å². The van der Waals surface area contributed by atoms with Crippen LogP contribution in [-0.2, 0) is 4.79 Å². The van der Waals surface area contributed by atoms with E-state index in [1.54, 1.807) is 4.90 Å². The number of carbonyl (C=O) groups excluding carboxylic acids is 1. The van der Waals surface area contributed by atoms with E-state index in [1.807, 2.05) is 7.05 Å². The number of amides is 2. The van der Waals surface area contributed by atoms with Crippen LogP contribution in [0.1, 0.15) is 58.3 Å². The average molecular weight is 296 g/mol. The molecule has 0 radical (unpaired) electrons. The monoisotopic (exact) mass is 296 g/mol. The molecule has 5 nitrogen and oxygen atoms in total. The van der Waals surface area contributed by atoms with E-state index in [-0.39, 0.29) is 18.5 Å². The Labute approximate surface area is 127 Å². The fourth-order valence-corrected chi connectivity index (χ4v) is 3.39. The molecule has 0 aromatic carbocycles. The molecule has 1 atom stereocenters. The van der Waals surface area contributed by atoms with E-state index in [2.05, 4.69) is 12.2 Å².